The number of fused-ring (bicyclic) bond motifs is 1. The summed E-state index contributed by atoms with van der Waals surface area (Å²) in [6, 6.07) is 10.9. The van der Waals surface area contributed by atoms with Crippen molar-refractivity contribution in [2.45, 2.75) is 43.6 Å². The average Bonchev–Trinajstić information content (AvgIpc) is 3.13. The molecule has 0 aromatic heterocycles. The van der Waals surface area contributed by atoms with Crippen LogP contribution in [0, 0.1) is 0 Å². The second-order valence-corrected chi connectivity index (χ2v) is 8.13. The van der Waals surface area contributed by atoms with Crippen LogP contribution in [0.25, 0.3) is 10.8 Å². The fraction of sp³-hybridized carbons (Fsp3) is 0.474. The van der Waals surface area contributed by atoms with E-state index in [1.165, 1.54) is 0 Å². The van der Waals surface area contributed by atoms with Crippen LogP contribution >= 0.6 is 0 Å². The number of benzene rings is 2. The molecule has 0 radical (unpaired) electrons. The second kappa shape index (κ2) is 8.17. The van der Waals surface area contributed by atoms with E-state index >= 15 is 0 Å². The maximum Gasteiger partial charge on any atom is 0.240 e. The van der Waals surface area contributed by atoms with E-state index in [9.17, 15) is 8.42 Å². The highest BCUT2D eigenvalue weighted by Crippen LogP contribution is 2.24. The van der Waals surface area contributed by atoms with Crippen molar-refractivity contribution in [3.05, 3.63) is 36.4 Å². The first-order valence-electron chi connectivity index (χ1n) is 8.86. The van der Waals surface area contributed by atoms with Crippen molar-refractivity contribution >= 4 is 20.8 Å². The molecule has 2 aromatic carbocycles. The van der Waals surface area contributed by atoms with E-state index in [2.05, 4.69) is 11.6 Å². The molecule has 3 rings (SSSR count). The van der Waals surface area contributed by atoms with E-state index in [0.717, 1.165) is 42.2 Å². The van der Waals surface area contributed by atoms with Crippen molar-refractivity contribution < 1.29 is 17.9 Å². The van der Waals surface area contributed by atoms with Gasteiger partial charge in [-0.05, 0) is 54.3 Å². The van der Waals surface area contributed by atoms with E-state index in [0.29, 0.717) is 19.8 Å². The number of unbranched alkanes of at least 4 members (excludes halogenated alkanes) is 1. The molecule has 25 heavy (non-hydrogen) atoms. The molecular formula is C19H25NO4S. The Kier molecular flexibility index (Phi) is 5.93. The minimum atomic E-state index is -3.53. The third-order valence-electron chi connectivity index (χ3n) is 4.39. The fourth-order valence-electron chi connectivity index (χ4n) is 2.88. The van der Waals surface area contributed by atoms with Crippen LogP contribution in [0.4, 0.5) is 0 Å². The maximum atomic E-state index is 12.5. The lowest BCUT2D eigenvalue weighted by atomic mass is 10.1. The van der Waals surface area contributed by atoms with Gasteiger partial charge in [0.05, 0.1) is 17.6 Å². The lowest BCUT2D eigenvalue weighted by molar-refractivity contribution is 0.114. The first kappa shape index (κ1) is 18.2. The largest absolute Gasteiger partial charge is 0.494 e. The molecule has 0 aliphatic carbocycles. The highest BCUT2D eigenvalue weighted by atomic mass is 32.2. The molecule has 1 atom stereocenters. The highest BCUT2D eigenvalue weighted by molar-refractivity contribution is 7.89. The molecule has 2 aromatic rings. The second-order valence-electron chi connectivity index (χ2n) is 6.36. The molecular weight excluding hydrogens is 338 g/mol. The Balaban J connectivity index is 1.72. The van der Waals surface area contributed by atoms with E-state index < -0.39 is 10.0 Å². The van der Waals surface area contributed by atoms with Crippen LogP contribution in [0.1, 0.15) is 32.6 Å². The number of hydrogen-bond acceptors (Lipinski definition) is 4. The Hall–Kier alpha value is -1.63. The lowest BCUT2D eigenvalue weighted by Crippen LogP contribution is -2.31. The first-order chi connectivity index (χ1) is 12.1. The molecule has 0 bridgehead atoms. The smallest absolute Gasteiger partial charge is 0.240 e. The normalized spacial score (nSPS) is 17.9. The van der Waals surface area contributed by atoms with Crippen molar-refractivity contribution in [2.24, 2.45) is 0 Å². The van der Waals surface area contributed by atoms with Crippen LogP contribution in [-0.4, -0.2) is 34.3 Å². The van der Waals surface area contributed by atoms with Gasteiger partial charge in [-0.25, -0.2) is 13.1 Å². The van der Waals surface area contributed by atoms with Crippen molar-refractivity contribution in [2.75, 3.05) is 19.8 Å². The number of rotatable bonds is 8. The molecule has 0 saturated carbocycles. The molecule has 1 aliphatic rings. The van der Waals surface area contributed by atoms with E-state index in [4.69, 9.17) is 9.47 Å². The summed E-state index contributed by atoms with van der Waals surface area (Å²) in [5.74, 6) is 0.813. The minimum Gasteiger partial charge on any atom is -0.494 e. The van der Waals surface area contributed by atoms with Crippen LogP contribution in [0.15, 0.2) is 41.3 Å². The summed E-state index contributed by atoms with van der Waals surface area (Å²) < 4.78 is 38.8. The highest BCUT2D eigenvalue weighted by Gasteiger charge is 2.20. The molecule has 0 amide bonds. The number of nitrogens with one attached hydrogen (secondary N) is 1. The minimum absolute atomic E-state index is 0.0157. The molecule has 136 valence electrons. The van der Waals surface area contributed by atoms with Crippen LogP contribution in [0.3, 0.4) is 0 Å². The number of ether oxygens (including phenoxy) is 2. The van der Waals surface area contributed by atoms with Gasteiger partial charge in [-0.1, -0.05) is 25.5 Å². The van der Waals surface area contributed by atoms with Gasteiger partial charge < -0.3 is 9.47 Å². The number of hydrogen-bond donors (Lipinski definition) is 1. The monoisotopic (exact) mass is 363 g/mol. The molecule has 5 nitrogen and oxygen atoms in total. The standard InChI is InChI=1S/C19H25NO4S/c1-2-3-10-23-17-8-6-16-13-19(9-7-15(16)12-17)25(21,22)20-14-18-5-4-11-24-18/h6-9,12-13,18,20H,2-5,10-11,14H2,1H3. The third kappa shape index (κ3) is 4.71. The lowest BCUT2D eigenvalue weighted by Gasteiger charge is -2.12. The summed E-state index contributed by atoms with van der Waals surface area (Å²) in [6.07, 6.45) is 3.99. The Bertz CT molecular complexity index is 813. The Morgan fingerprint density at radius 2 is 2.00 bits per heavy atom. The van der Waals surface area contributed by atoms with Crippen LogP contribution < -0.4 is 9.46 Å². The third-order valence-corrected chi connectivity index (χ3v) is 5.81. The van der Waals surface area contributed by atoms with Gasteiger partial charge in [0.25, 0.3) is 0 Å². The van der Waals surface area contributed by atoms with Crippen molar-refractivity contribution in [3.8, 4) is 5.75 Å². The van der Waals surface area contributed by atoms with Crippen molar-refractivity contribution in [1.29, 1.82) is 0 Å². The van der Waals surface area contributed by atoms with Crippen LogP contribution in [-0.2, 0) is 14.8 Å². The number of sulfonamides is 1. The van der Waals surface area contributed by atoms with Gasteiger partial charge in [-0.15, -0.1) is 0 Å². The van der Waals surface area contributed by atoms with Crippen molar-refractivity contribution in [1.82, 2.24) is 4.72 Å². The van der Waals surface area contributed by atoms with Gasteiger partial charge in [0.1, 0.15) is 5.75 Å². The SMILES string of the molecule is CCCCOc1ccc2cc(S(=O)(=O)NCC3CCCO3)ccc2c1. The van der Waals surface area contributed by atoms with E-state index in [1.54, 1.807) is 12.1 Å². The van der Waals surface area contributed by atoms with Gasteiger partial charge >= 0.3 is 0 Å². The predicted octanol–water partition coefficient (Wildman–Crippen LogP) is 3.48. The first-order valence-corrected chi connectivity index (χ1v) is 10.3. The van der Waals surface area contributed by atoms with Crippen LogP contribution in [0.2, 0.25) is 0 Å². The molecule has 0 spiro atoms. The zero-order valence-electron chi connectivity index (χ0n) is 14.5. The zero-order chi connectivity index (χ0) is 17.7. The topological polar surface area (TPSA) is 64.6 Å². The Morgan fingerprint density at radius 1 is 1.20 bits per heavy atom. The van der Waals surface area contributed by atoms with Gasteiger partial charge in [0.2, 0.25) is 10.0 Å². The summed E-state index contributed by atoms with van der Waals surface area (Å²) >= 11 is 0. The fourth-order valence-corrected chi connectivity index (χ4v) is 3.99. The summed E-state index contributed by atoms with van der Waals surface area (Å²) in [5.41, 5.74) is 0. The van der Waals surface area contributed by atoms with Gasteiger partial charge in [0.15, 0.2) is 0 Å². The molecule has 1 aliphatic heterocycles. The summed E-state index contributed by atoms with van der Waals surface area (Å²) in [5, 5.41) is 1.84. The quantitative estimate of drug-likeness (QED) is 0.729. The van der Waals surface area contributed by atoms with E-state index in [1.807, 2.05) is 24.3 Å². The maximum absolute atomic E-state index is 12.5. The molecule has 1 N–H and O–H groups in total. The van der Waals surface area contributed by atoms with Crippen molar-refractivity contribution in [3.63, 3.8) is 0 Å². The Labute approximate surface area is 149 Å². The molecule has 1 heterocycles. The van der Waals surface area contributed by atoms with Gasteiger partial charge in [-0.3, -0.25) is 0 Å². The average molecular weight is 363 g/mol. The molecule has 1 fully saturated rings. The van der Waals surface area contributed by atoms with Gasteiger partial charge in [0, 0.05) is 13.2 Å². The van der Waals surface area contributed by atoms with Gasteiger partial charge in [-0.2, -0.15) is 0 Å². The van der Waals surface area contributed by atoms with Crippen LogP contribution in [0.5, 0.6) is 5.75 Å². The molecule has 1 saturated heterocycles. The molecule has 6 heteroatoms. The zero-order valence-corrected chi connectivity index (χ0v) is 15.3. The molecule has 1 unspecified atom stereocenters. The summed E-state index contributed by atoms with van der Waals surface area (Å²) in [7, 11) is -3.53. The summed E-state index contributed by atoms with van der Waals surface area (Å²) in [4.78, 5) is 0.276. The summed E-state index contributed by atoms with van der Waals surface area (Å²) in [6.45, 7) is 3.86. The Morgan fingerprint density at radius 3 is 2.76 bits per heavy atom. The van der Waals surface area contributed by atoms with E-state index in [-0.39, 0.29) is 11.0 Å². The predicted molar refractivity (Wildman–Crippen MR) is 98.5 cm³/mol.